The fourth-order valence-electron chi connectivity index (χ4n) is 3.48. The molecule has 0 spiro atoms. The minimum atomic E-state index is 0.561. The molecule has 1 fully saturated rings. The Labute approximate surface area is 117 Å². The van der Waals surface area contributed by atoms with Gasteiger partial charge >= 0.3 is 0 Å². The first kappa shape index (κ1) is 14.6. The predicted octanol–water partition coefficient (Wildman–Crippen LogP) is 3.55. The molecule has 108 valence electrons. The average Bonchev–Trinajstić information content (AvgIpc) is 2.89. The van der Waals surface area contributed by atoms with Gasteiger partial charge in [0.1, 0.15) is 0 Å². The lowest BCUT2D eigenvalue weighted by Crippen LogP contribution is -2.28. The SMILES string of the molecule is CCC(CC)n1ccc(CC2CCCCC2CN)n1. The van der Waals surface area contributed by atoms with Gasteiger partial charge in [0.05, 0.1) is 11.7 Å². The highest BCUT2D eigenvalue weighted by Crippen LogP contribution is 2.31. The van der Waals surface area contributed by atoms with Gasteiger partial charge in [-0.05, 0) is 56.6 Å². The Morgan fingerprint density at radius 2 is 1.95 bits per heavy atom. The first-order valence-electron chi connectivity index (χ1n) is 8.02. The van der Waals surface area contributed by atoms with Crippen LogP contribution in [0.2, 0.25) is 0 Å². The van der Waals surface area contributed by atoms with Crippen molar-refractivity contribution in [3.63, 3.8) is 0 Å². The lowest BCUT2D eigenvalue weighted by atomic mass is 9.77. The van der Waals surface area contributed by atoms with Gasteiger partial charge in [0.25, 0.3) is 0 Å². The fourth-order valence-corrected chi connectivity index (χ4v) is 3.48. The van der Waals surface area contributed by atoms with Crippen molar-refractivity contribution in [2.45, 2.75) is 64.8 Å². The van der Waals surface area contributed by atoms with Crippen LogP contribution < -0.4 is 5.73 Å². The molecule has 2 N–H and O–H groups in total. The fraction of sp³-hybridized carbons (Fsp3) is 0.812. The third-order valence-electron chi connectivity index (χ3n) is 4.82. The van der Waals surface area contributed by atoms with Gasteiger partial charge in [-0.15, -0.1) is 0 Å². The van der Waals surface area contributed by atoms with Crippen molar-refractivity contribution in [1.29, 1.82) is 0 Å². The first-order valence-corrected chi connectivity index (χ1v) is 8.02. The lowest BCUT2D eigenvalue weighted by molar-refractivity contribution is 0.240. The van der Waals surface area contributed by atoms with Crippen molar-refractivity contribution >= 4 is 0 Å². The van der Waals surface area contributed by atoms with Crippen LogP contribution in [0, 0.1) is 11.8 Å². The Morgan fingerprint density at radius 1 is 1.26 bits per heavy atom. The van der Waals surface area contributed by atoms with E-state index in [4.69, 9.17) is 10.8 Å². The van der Waals surface area contributed by atoms with Crippen LogP contribution in [-0.4, -0.2) is 16.3 Å². The third kappa shape index (κ3) is 3.59. The molecule has 0 bridgehead atoms. The standard InChI is InChI=1S/C16H29N3/c1-3-16(4-2)19-10-9-15(18-19)11-13-7-5-6-8-14(13)12-17/h9-10,13-14,16H,3-8,11-12,17H2,1-2H3. The van der Waals surface area contributed by atoms with E-state index in [0.717, 1.165) is 31.7 Å². The van der Waals surface area contributed by atoms with Crippen LogP contribution >= 0.6 is 0 Å². The van der Waals surface area contributed by atoms with Crippen LogP contribution in [0.5, 0.6) is 0 Å². The Morgan fingerprint density at radius 3 is 2.58 bits per heavy atom. The van der Waals surface area contributed by atoms with E-state index in [1.807, 2.05) is 0 Å². The summed E-state index contributed by atoms with van der Waals surface area (Å²) in [6.07, 6.45) is 11.0. The van der Waals surface area contributed by atoms with E-state index in [9.17, 15) is 0 Å². The molecule has 3 nitrogen and oxygen atoms in total. The number of nitrogens with zero attached hydrogens (tertiary/aromatic N) is 2. The molecule has 1 aromatic heterocycles. The smallest absolute Gasteiger partial charge is 0.0627 e. The quantitative estimate of drug-likeness (QED) is 0.853. The summed E-state index contributed by atoms with van der Waals surface area (Å²) in [5, 5.41) is 4.79. The van der Waals surface area contributed by atoms with Gasteiger partial charge in [0, 0.05) is 6.20 Å². The van der Waals surface area contributed by atoms with Crippen molar-refractivity contribution in [3.05, 3.63) is 18.0 Å². The summed E-state index contributed by atoms with van der Waals surface area (Å²) < 4.78 is 2.16. The van der Waals surface area contributed by atoms with E-state index in [1.54, 1.807) is 0 Å². The summed E-state index contributed by atoms with van der Waals surface area (Å²) in [7, 11) is 0. The van der Waals surface area contributed by atoms with E-state index < -0.39 is 0 Å². The number of hydrogen-bond acceptors (Lipinski definition) is 2. The van der Waals surface area contributed by atoms with Gasteiger partial charge < -0.3 is 5.73 Å². The zero-order chi connectivity index (χ0) is 13.7. The van der Waals surface area contributed by atoms with Crippen molar-refractivity contribution < 1.29 is 0 Å². The van der Waals surface area contributed by atoms with E-state index >= 15 is 0 Å². The lowest BCUT2D eigenvalue weighted by Gasteiger charge is -2.30. The zero-order valence-corrected chi connectivity index (χ0v) is 12.5. The number of aromatic nitrogens is 2. The summed E-state index contributed by atoms with van der Waals surface area (Å²) in [4.78, 5) is 0. The number of rotatable bonds is 6. The molecule has 2 rings (SSSR count). The second kappa shape index (κ2) is 7.09. The molecule has 1 aliphatic carbocycles. The van der Waals surface area contributed by atoms with Crippen LogP contribution in [0.3, 0.4) is 0 Å². The molecular formula is C16H29N3. The minimum Gasteiger partial charge on any atom is -0.330 e. The number of nitrogens with two attached hydrogens (primary N) is 1. The Balaban J connectivity index is 1.98. The van der Waals surface area contributed by atoms with Gasteiger partial charge in [0.2, 0.25) is 0 Å². The normalized spacial score (nSPS) is 24.0. The van der Waals surface area contributed by atoms with Crippen LogP contribution in [-0.2, 0) is 6.42 Å². The molecule has 0 amide bonds. The van der Waals surface area contributed by atoms with Crippen molar-refractivity contribution in [2.24, 2.45) is 17.6 Å². The maximum Gasteiger partial charge on any atom is 0.0627 e. The molecule has 0 aliphatic heterocycles. The van der Waals surface area contributed by atoms with E-state index in [2.05, 4.69) is 30.8 Å². The maximum absolute atomic E-state index is 5.92. The largest absolute Gasteiger partial charge is 0.330 e. The summed E-state index contributed by atoms with van der Waals surface area (Å²) >= 11 is 0. The Bertz CT molecular complexity index is 368. The molecule has 0 saturated heterocycles. The van der Waals surface area contributed by atoms with Crippen LogP contribution in [0.4, 0.5) is 0 Å². The maximum atomic E-state index is 5.92. The summed E-state index contributed by atoms with van der Waals surface area (Å²) in [5.41, 5.74) is 7.18. The number of hydrogen-bond donors (Lipinski definition) is 1. The van der Waals surface area contributed by atoms with Gasteiger partial charge in [-0.3, -0.25) is 4.68 Å². The highest BCUT2D eigenvalue weighted by molar-refractivity contribution is 5.02. The van der Waals surface area contributed by atoms with Gasteiger partial charge in [-0.25, -0.2) is 0 Å². The van der Waals surface area contributed by atoms with Gasteiger partial charge in [0.15, 0.2) is 0 Å². The monoisotopic (exact) mass is 263 g/mol. The van der Waals surface area contributed by atoms with E-state index in [1.165, 1.54) is 31.4 Å². The van der Waals surface area contributed by atoms with E-state index in [-0.39, 0.29) is 0 Å². The van der Waals surface area contributed by atoms with Gasteiger partial charge in [-0.2, -0.15) is 5.10 Å². The molecule has 1 aliphatic rings. The zero-order valence-electron chi connectivity index (χ0n) is 12.5. The van der Waals surface area contributed by atoms with E-state index in [0.29, 0.717) is 12.0 Å². The van der Waals surface area contributed by atoms with Gasteiger partial charge in [-0.1, -0.05) is 26.7 Å². The second-order valence-electron chi connectivity index (χ2n) is 6.00. The van der Waals surface area contributed by atoms with Crippen molar-refractivity contribution in [3.8, 4) is 0 Å². The second-order valence-corrected chi connectivity index (χ2v) is 6.00. The highest BCUT2D eigenvalue weighted by Gasteiger charge is 2.24. The molecule has 1 aromatic rings. The average molecular weight is 263 g/mol. The minimum absolute atomic E-state index is 0.561. The Kier molecular flexibility index (Phi) is 5.44. The molecule has 3 heteroatoms. The van der Waals surface area contributed by atoms with Crippen LogP contribution in [0.1, 0.15) is 64.1 Å². The molecule has 1 saturated carbocycles. The van der Waals surface area contributed by atoms with Crippen LogP contribution in [0.25, 0.3) is 0 Å². The molecule has 0 aromatic carbocycles. The molecule has 0 radical (unpaired) electrons. The Hall–Kier alpha value is -0.830. The molecule has 2 unspecified atom stereocenters. The predicted molar refractivity (Wildman–Crippen MR) is 80.1 cm³/mol. The van der Waals surface area contributed by atoms with Crippen molar-refractivity contribution in [1.82, 2.24) is 9.78 Å². The summed E-state index contributed by atoms with van der Waals surface area (Å²) in [5.74, 6) is 1.47. The molecule has 1 heterocycles. The molecule has 2 atom stereocenters. The molecular weight excluding hydrogens is 234 g/mol. The highest BCUT2D eigenvalue weighted by atomic mass is 15.3. The van der Waals surface area contributed by atoms with Crippen molar-refractivity contribution in [2.75, 3.05) is 6.54 Å². The van der Waals surface area contributed by atoms with Crippen LogP contribution in [0.15, 0.2) is 12.3 Å². The summed E-state index contributed by atoms with van der Waals surface area (Å²) in [6, 6.07) is 2.77. The first-order chi connectivity index (χ1) is 9.28. The topological polar surface area (TPSA) is 43.8 Å². The third-order valence-corrected chi connectivity index (χ3v) is 4.82. The molecule has 19 heavy (non-hydrogen) atoms. The summed E-state index contributed by atoms with van der Waals surface area (Å²) in [6.45, 7) is 5.32.